The number of fused-ring (bicyclic) bond motifs is 1. The first kappa shape index (κ1) is 21.1. The van der Waals surface area contributed by atoms with Crippen molar-refractivity contribution in [3.8, 4) is 11.5 Å². The fraction of sp³-hybridized carbons (Fsp3) is 0.417. The Labute approximate surface area is 176 Å². The van der Waals surface area contributed by atoms with Crippen LogP contribution in [0.3, 0.4) is 0 Å². The van der Waals surface area contributed by atoms with Gasteiger partial charge in [0.05, 0.1) is 4.90 Å². The van der Waals surface area contributed by atoms with Gasteiger partial charge in [0.2, 0.25) is 0 Å². The fourth-order valence-corrected chi connectivity index (χ4v) is 4.64. The van der Waals surface area contributed by atoms with E-state index in [0.29, 0.717) is 0 Å². The van der Waals surface area contributed by atoms with Crippen molar-refractivity contribution >= 4 is 26.9 Å². The molecular formula is C24H31O2SSi. The van der Waals surface area contributed by atoms with Crippen LogP contribution in [0, 0.1) is 0 Å². The van der Waals surface area contributed by atoms with Gasteiger partial charge in [-0.05, 0) is 86.8 Å². The number of hydrogen-bond donors (Lipinski definition) is 0. The van der Waals surface area contributed by atoms with Gasteiger partial charge in [0.1, 0.15) is 17.1 Å². The molecule has 3 rings (SSSR count). The minimum absolute atomic E-state index is 0.105. The van der Waals surface area contributed by atoms with Crippen LogP contribution in [0.1, 0.15) is 52.7 Å². The SMILES string of the molecule is CC1=Cc2cc(Sc3ccc(C(C)(C)C)cc3O[Si](C)C)ccc2OC1(C)C. The van der Waals surface area contributed by atoms with Gasteiger partial charge in [0.25, 0.3) is 9.04 Å². The molecule has 2 aromatic rings. The summed E-state index contributed by atoms with van der Waals surface area (Å²) in [4.78, 5) is 2.36. The Hall–Kier alpha value is -1.65. The van der Waals surface area contributed by atoms with Crippen molar-refractivity contribution in [2.45, 2.75) is 75.4 Å². The lowest BCUT2D eigenvalue weighted by molar-refractivity contribution is 0.145. The molecular weight excluding hydrogens is 380 g/mol. The lowest BCUT2D eigenvalue weighted by atomic mass is 9.87. The molecule has 0 bridgehead atoms. The van der Waals surface area contributed by atoms with E-state index in [0.717, 1.165) is 22.0 Å². The molecule has 0 fully saturated rings. The smallest absolute Gasteiger partial charge is 0.274 e. The van der Waals surface area contributed by atoms with Gasteiger partial charge in [0, 0.05) is 10.5 Å². The highest BCUT2D eigenvalue weighted by molar-refractivity contribution is 7.99. The molecule has 0 aromatic heterocycles. The molecule has 2 aromatic carbocycles. The second-order valence-electron chi connectivity index (χ2n) is 9.16. The third-order valence-electron chi connectivity index (χ3n) is 5.02. The zero-order valence-corrected chi connectivity index (χ0v) is 20.1. The minimum atomic E-state index is -0.839. The van der Waals surface area contributed by atoms with Crippen molar-refractivity contribution in [1.29, 1.82) is 0 Å². The van der Waals surface area contributed by atoms with Crippen molar-refractivity contribution in [1.82, 2.24) is 0 Å². The van der Waals surface area contributed by atoms with Gasteiger partial charge in [-0.15, -0.1) is 0 Å². The van der Waals surface area contributed by atoms with Crippen LogP contribution in [0.4, 0.5) is 0 Å². The van der Waals surface area contributed by atoms with E-state index in [1.54, 1.807) is 11.8 Å². The molecule has 0 saturated heterocycles. The zero-order valence-electron chi connectivity index (χ0n) is 18.3. The van der Waals surface area contributed by atoms with E-state index in [2.05, 4.69) is 97.1 Å². The molecule has 1 heterocycles. The maximum atomic E-state index is 6.25. The second kappa shape index (κ2) is 7.64. The van der Waals surface area contributed by atoms with Gasteiger partial charge in [-0.3, -0.25) is 0 Å². The highest BCUT2D eigenvalue weighted by Crippen LogP contribution is 2.42. The van der Waals surface area contributed by atoms with Crippen LogP contribution in [-0.4, -0.2) is 14.6 Å². The summed E-state index contributed by atoms with van der Waals surface area (Å²) in [6.45, 7) is 17.4. The number of ether oxygens (including phenoxy) is 1. The number of benzene rings is 2. The maximum Gasteiger partial charge on any atom is 0.274 e. The second-order valence-corrected chi connectivity index (χ2v) is 12.3. The zero-order chi connectivity index (χ0) is 20.7. The van der Waals surface area contributed by atoms with Gasteiger partial charge in [-0.25, -0.2) is 0 Å². The van der Waals surface area contributed by atoms with E-state index in [1.807, 2.05) is 0 Å². The van der Waals surface area contributed by atoms with E-state index in [1.165, 1.54) is 16.0 Å². The summed E-state index contributed by atoms with van der Waals surface area (Å²) in [5, 5.41) is 0. The van der Waals surface area contributed by atoms with Gasteiger partial charge >= 0.3 is 0 Å². The summed E-state index contributed by atoms with van der Waals surface area (Å²) in [5.74, 6) is 1.95. The lowest BCUT2D eigenvalue weighted by Crippen LogP contribution is -2.31. The van der Waals surface area contributed by atoms with E-state index in [9.17, 15) is 0 Å². The molecule has 0 atom stereocenters. The van der Waals surface area contributed by atoms with Crippen LogP contribution in [-0.2, 0) is 5.41 Å². The van der Waals surface area contributed by atoms with Gasteiger partial charge in [-0.1, -0.05) is 38.6 Å². The Kier molecular flexibility index (Phi) is 5.75. The van der Waals surface area contributed by atoms with Crippen LogP contribution in [0.25, 0.3) is 6.08 Å². The molecule has 1 aliphatic rings. The predicted molar refractivity (Wildman–Crippen MR) is 122 cm³/mol. The van der Waals surface area contributed by atoms with Crippen LogP contribution >= 0.6 is 11.8 Å². The monoisotopic (exact) mass is 411 g/mol. The molecule has 149 valence electrons. The van der Waals surface area contributed by atoms with Crippen LogP contribution in [0.5, 0.6) is 11.5 Å². The summed E-state index contributed by atoms with van der Waals surface area (Å²) >= 11 is 1.76. The van der Waals surface area contributed by atoms with E-state index in [4.69, 9.17) is 9.16 Å². The highest BCUT2D eigenvalue weighted by atomic mass is 32.2. The molecule has 0 N–H and O–H groups in total. The summed E-state index contributed by atoms with van der Waals surface area (Å²) in [6, 6.07) is 13.1. The molecule has 0 aliphatic carbocycles. The van der Waals surface area contributed by atoms with Gasteiger partial charge in [-0.2, -0.15) is 0 Å². The first-order valence-electron chi connectivity index (χ1n) is 9.78. The summed E-state index contributed by atoms with van der Waals surface area (Å²) in [6.07, 6.45) is 2.24. The molecule has 0 spiro atoms. The average Bonchev–Trinajstić information content (AvgIpc) is 2.56. The summed E-state index contributed by atoms with van der Waals surface area (Å²) < 4.78 is 12.4. The Morgan fingerprint density at radius 2 is 1.75 bits per heavy atom. The topological polar surface area (TPSA) is 18.5 Å². The molecule has 28 heavy (non-hydrogen) atoms. The van der Waals surface area contributed by atoms with E-state index in [-0.39, 0.29) is 11.0 Å². The standard InChI is InChI=1S/C24H31O2SSi/c1-16-13-17-14-19(10-11-20(17)25-24(16,5)6)27-22-12-9-18(23(2,3)4)15-21(22)26-28(7)8/h9-15H,1-8H3. The Morgan fingerprint density at radius 1 is 1.04 bits per heavy atom. The van der Waals surface area contributed by atoms with Crippen molar-refractivity contribution in [2.24, 2.45) is 0 Å². The molecule has 0 saturated carbocycles. The number of rotatable bonds is 4. The molecule has 1 aliphatic heterocycles. The Balaban J connectivity index is 1.94. The Morgan fingerprint density at radius 3 is 2.39 bits per heavy atom. The third-order valence-corrected chi connectivity index (χ3v) is 6.69. The fourth-order valence-electron chi connectivity index (χ4n) is 3.04. The summed E-state index contributed by atoms with van der Waals surface area (Å²) in [7, 11) is -0.839. The van der Waals surface area contributed by atoms with Crippen molar-refractivity contribution < 1.29 is 9.16 Å². The van der Waals surface area contributed by atoms with E-state index >= 15 is 0 Å². The van der Waals surface area contributed by atoms with Crippen LogP contribution in [0.2, 0.25) is 13.1 Å². The molecule has 0 unspecified atom stereocenters. The molecule has 0 amide bonds. The average molecular weight is 412 g/mol. The van der Waals surface area contributed by atoms with Crippen LogP contribution in [0.15, 0.2) is 51.8 Å². The minimum Gasteiger partial charge on any atom is -0.542 e. The molecule has 2 nitrogen and oxygen atoms in total. The van der Waals surface area contributed by atoms with Gasteiger partial charge < -0.3 is 9.16 Å². The van der Waals surface area contributed by atoms with E-state index < -0.39 is 9.04 Å². The first-order valence-corrected chi connectivity index (χ1v) is 13.0. The predicted octanol–water partition coefficient (Wildman–Crippen LogP) is 7.34. The molecule has 1 radical (unpaired) electrons. The normalized spacial score (nSPS) is 15.7. The van der Waals surface area contributed by atoms with Crippen molar-refractivity contribution in [3.63, 3.8) is 0 Å². The largest absolute Gasteiger partial charge is 0.542 e. The lowest BCUT2D eigenvalue weighted by Gasteiger charge is -2.32. The first-order chi connectivity index (χ1) is 13.0. The van der Waals surface area contributed by atoms with Crippen LogP contribution < -0.4 is 9.16 Å². The highest BCUT2D eigenvalue weighted by Gasteiger charge is 2.27. The summed E-state index contributed by atoms with van der Waals surface area (Å²) in [5.41, 5.74) is 3.55. The number of hydrogen-bond acceptors (Lipinski definition) is 3. The quantitative estimate of drug-likeness (QED) is 0.490. The maximum absolute atomic E-state index is 6.25. The molecule has 4 heteroatoms. The van der Waals surface area contributed by atoms with Crippen molar-refractivity contribution in [2.75, 3.05) is 0 Å². The van der Waals surface area contributed by atoms with Crippen molar-refractivity contribution in [3.05, 3.63) is 53.1 Å². The van der Waals surface area contributed by atoms with Gasteiger partial charge in [0.15, 0.2) is 0 Å². The third kappa shape index (κ3) is 4.66. The Bertz CT molecular complexity index is 907.